The molecule has 214 valence electrons. The van der Waals surface area contributed by atoms with Gasteiger partial charge in [-0.25, -0.2) is 0 Å². The lowest BCUT2D eigenvalue weighted by molar-refractivity contribution is -0.459. The smallest absolute Gasteiger partial charge is 0.460 e. The van der Waals surface area contributed by atoms with Gasteiger partial charge in [-0.15, -0.1) is 0 Å². The average Bonchev–Trinajstić information content (AvgIpc) is 2.72. The van der Waals surface area contributed by atoms with Gasteiger partial charge >= 0.3 is 53.5 Å². The third-order valence-electron chi connectivity index (χ3n) is 4.42. The Bertz CT molecular complexity index is 1020. The third-order valence-corrected chi connectivity index (χ3v) is 4.65. The lowest BCUT2D eigenvalue weighted by Gasteiger charge is -2.42. The molecule has 0 saturated heterocycles. The number of ether oxygens (including phenoxy) is 1. The zero-order chi connectivity index (χ0) is 29.8. The Morgan fingerprint density at radius 2 is 1.05 bits per heavy atom. The summed E-state index contributed by atoms with van der Waals surface area (Å²) in [6.07, 6.45) is -7.85. The van der Waals surface area contributed by atoms with Crippen molar-refractivity contribution < 1.29 is 84.2 Å². The van der Waals surface area contributed by atoms with Crippen LogP contribution in [0.5, 0.6) is 5.75 Å². The highest BCUT2D eigenvalue weighted by molar-refractivity contribution is 6.31. The lowest BCUT2D eigenvalue weighted by Crippen LogP contribution is -2.75. The van der Waals surface area contributed by atoms with Crippen molar-refractivity contribution in [2.24, 2.45) is 0 Å². The molecule has 0 aliphatic rings. The number of amides is 1. The highest BCUT2D eigenvalue weighted by atomic mass is 35.5. The summed E-state index contributed by atoms with van der Waals surface area (Å²) < 4.78 is 230. The largest absolute Gasteiger partial charge is 0.495 e. The molecule has 0 aliphatic carbocycles. The predicted octanol–water partition coefficient (Wildman–Crippen LogP) is 7.30. The molecule has 0 unspecified atom stereocenters. The Kier molecular flexibility index (Phi) is 8.03. The van der Waals surface area contributed by atoms with Crippen LogP contribution in [0.1, 0.15) is 0 Å². The molecule has 1 aromatic carbocycles. The van der Waals surface area contributed by atoms with Gasteiger partial charge < -0.3 is 10.1 Å². The quantitative estimate of drug-likeness (QED) is 0.301. The van der Waals surface area contributed by atoms with Gasteiger partial charge in [-0.05, 0) is 18.2 Å². The maximum atomic E-state index is 13.9. The van der Waals surface area contributed by atoms with Crippen molar-refractivity contribution in [2.75, 3.05) is 12.4 Å². The Balaban J connectivity index is 3.62. The maximum Gasteiger partial charge on any atom is 0.460 e. The molecule has 0 aromatic heterocycles. The van der Waals surface area contributed by atoms with Gasteiger partial charge in [-0.1, -0.05) is 11.6 Å². The fourth-order valence-electron chi connectivity index (χ4n) is 2.29. The Hall–Kier alpha value is -2.41. The van der Waals surface area contributed by atoms with Crippen molar-refractivity contribution in [1.29, 1.82) is 0 Å². The van der Waals surface area contributed by atoms with Gasteiger partial charge in [0.05, 0.1) is 12.8 Å². The number of hydrogen-bond donors (Lipinski definition) is 1. The summed E-state index contributed by atoms with van der Waals surface area (Å²) in [6.45, 7) is 0. The summed E-state index contributed by atoms with van der Waals surface area (Å²) in [4.78, 5) is 11.5. The van der Waals surface area contributed by atoms with Crippen LogP contribution in [0, 0.1) is 0 Å². The molecule has 37 heavy (non-hydrogen) atoms. The summed E-state index contributed by atoms with van der Waals surface area (Å²) in [5.74, 6) is -62.9. The first-order chi connectivity index (χ1) is 16.1. The first-order valence-electron chi connectivity index (χ1n) is 8.46. The summed E-state index contributed by atoms with van der Waals surface area (Å²) >= 11 is 5.40. The second kappa shape index (κ2) is 9.11. The molecule has 0 aliphatic heterocycles. The second-order valence-corrected chi connectivity index (χ2v) is 7.25. The van der Waals surface area contributed by atoms with E-state index in [1.54, 1.807) is 0 Å². The number of alkyl halides is 17. The topological polar surface area (TPSA) is 38.3 Å². The molecule has 0 saturated carbocycles. The van der Waals surface area contributed by atoms with E-state index in [2.05, 4.69) is 4.74 Å². The normalized spacial score (nSPS) is 15.0. The molecule has 3 nitrogen and oxygen atoms in total. The maximum absolute atomic E-state index is 13.9. The van der Waals surface area contributed by atoms with Crippen LogP contribution < -0.4 is 10.1 Å². The van der Waals surface area contributed by atoms with Crippen LogP contribution in [0.3, 0.4) is 0 Å². The van der Waals surface area contributed by atoms with E-state index < -0.39 is 70.0 Å². The Labute approximate surface area is 197 Å². The average molecular weight is 604 g/mol. The molecule has 0 heterocycles. The van der Waals surface area contributed by atoms with Gasteiger partial charge in [0, 0.05) is 5.02 Å². The van der Waals surface area contributed by atoms with Crippen LogP contribution in [0.15, 0.2) is 18.2 Å². The zero-order valence-corrected chi connectivity index (χ0v) is 17.6. The third kappa shape index (κ3) is 4.58. The Morgan fingerprint density at radius 1 is 0.676 bits per heavy atom. The van der Waals surface area contributed by atoms with E-state index in [9.17, 15) is 79.4 Å². The van der Waals surface area contributed by atoms with Gasteiger partial charge in [0.15, 0.2) is 0 Å². The number of benzene rings is 1. The van der Waals surface area contributed by atoms with Crippen molar-refractivity contribution >= 4 is 23.2 Å². The minimum absolute atomic E-state index is 0.424. The monoisotopic (exact) mass is 603 g/mol. The van der Waals surface area contributed by atoms with Crippen LogP contribution >= 0.6 is 11.6 Å². The van der Waals surface area contributed by atoms with Crippen molar-refractivity contribution in [1.82, 2.24) is 0 Å². The minimum atomic E-state index is -8.78. The number of carbonyl (C=O) groups is 1. The summed E-state index contributed by atoms with van der Waals surface area (Å²) in [6, 6.07) is 2.07. The molecule has 21 heteroatoms. The van der Waals surface area contributed by atoms with E-state index >= 15 is 0 Å². The number of rotatable bonds is 9. The van der Waals surface area contributed by atoms with E-state index in [0.717, 1.165) is 24.6 Å². The van der Waals surface area contributed by atoms with Crippen molar-refractivity contribution in [2.45, 2.75) is 47.6 Å². The number of anilines is 1. The van der Waals surface area contributed by atoms with E-state index in [-0.39, 0.29) is 0 Å². The summed E-state index contributed by atoms with van der Waals surface area (Å²) in [7, 11) is 0.749. The predicted molar refractivity (Wildman–Crippen MR) is 87.3 cm³/mol. The van der Waals surface area contributed by atoms with Crippen LogP contribution in [0.25, 0.3) is 0 Å². The van der Waals surface area contributed by atoms with Gasteiger partial charge in [0.25, 0.3) is 0 Å². The van der Waals surface area contributed by atoms with Gasteiger partial charge in [0.2, 0.25) is 0 Å². The highest BCUT2D eigenvalue weighted by Gasteiger charge is 2.95. The molecule has 0 bridgehead atoms. The molecule has 0 spiro atoms. The molecule has 0 radical (unpaired) electrons. The fourth-order valence-corrected chi connectivity index (χ4v) is 2.46. The van der Waals surface area contributed by atoms with Gasteiger partial charge in [-0.2, -0.15) is 74.6 Å². The van der Waals surface area contributed by atoms with E-state index in [1.807, 2.05) is 0 Å². The van der Waals surface area contributed by atoms with Gasteiger partial charge in [-0.3, -0.25) is 4.79 Å². The zero-order valence-electron chi connectivity index (χ0n) is 16.9. The van der Waals surface area contributed by atoms with E-state index in [1.165, 1.54) is 0 Å². The number of carbonyl (C=O) groups excluding carboxylic acids is 1. The van der Waals surface area contributed by atoms with Crippen LogP contribution in [0.2, 0.25) is 5.02 Å². The SMILES string of the molecule is COc1ccc(Cl)cc1NC(=O)C(F)(F)C(F)(F)C(F)(F)C(F)(F)C(F)(F)C(F)(F)C(F)(F)C(F)(F)F. The molecule has 0 atom stereocenters. The molecule has 1 amide bonds. The standard InChI is InChI=1S/C16H7ClF17NO2/c1-37-7-3-2-5(17)4-6(7)35-8(36)9(18,19)10(20,21)11(22,23)12(24,25)13(26,27)14(28,29)15(30,31)16(32,33)34/h2-4H,1H3,(H,35,36). The molecular weight excluding hydrogens is 597 g/mol. The van der Waals surface area contributed by atoms with Crippen molar-refractivity contribution in [3.63, 3.8) is 0 Å². The van der Waals surface area contributed by atoms with Crippen LogP contribution in [-0.2, 0) is 4.79 Å². The van der Waals surface area contributed by atoms with Crippen LogP contribution in [0.4, 0.5) is 80.3 Å². The second-order valence-electron chi connectivity index (χ2n) is 6.82. The number of halogens is 18. The number of nitrogens with one attached hydrogen (secondary N) is 1. The summed E-state index contributed by atoms with van der Waals surface area (Å²) in [5.41, 5.74) is -1.15. The van der Waals surface area contributed by atoms with E-state index in [0.29, 0.717) is 6.07 Å². The van der Waals surface area contributed by atoms with E-state index in [4.69, 9.17) is 11.6 Å². The molecule has 1 N–H and O–H groups in total. The highest BCUT2D eigenvalue weighted by Crippen LogP contribution is 2.64. The van der Waals surface area contributed by atoms with Crippen molar-refractivity contribution in [3.8, 4) is 5.75 Å². The summed E-state index contributed by atoms with van der Waals surface area (Å²) in [5, 5.41) is 0.234. The van der Waals surface area contributed by atoms with Gasteiger partial charge in [0.1, 0.15) is 5.75 Å². The van der Waals surface area contributed by atoms with Crippen molar-refractivity contribution in [3.05, 3.63) is 23.2 Å². The first-order valence-corrected chi connectivity index (χ1v) is 8.83. The molecule has 0 fully saturated rings. The Morgan fingerprint density at radius 3 is 1.43 bits per heavy atom. The molecule has 1 rings (SSSR count). The number of hydrogen-bond acceptors (Lipinski definition) is 2. The molecule has 1 aromatic rings. The van der Waals surface area contributed by atoms with Crippen LogP contribution in [-0.4, -0.2) is 60.7 Å². The minimum Gasteiger partial charge on any atom is -0.495 e. The number of methoxy groups -OCH3 is 1. The first kappa shape index (κ1) is 32.6. The molecular formula is C16H7ClF17NO2. The lowest BCUT2D eigenvalue weighted by atomic mass is 9.89. The fraction of sp³-hybridized carbons (Fsp3) is 0.562.